The standard InChI is InChI=1S/C12H17N.C2H6/c1-10-2-4-11(5-3-10)12-6-8-13-9-7-12;1-2/h2-5,12-13H,6-9H2,1H3;1-2H3. The van der Waals surface area contributed by atoms with Gasteiger partial charge in [-0.2, -0.15) is 0 Å². The summed E-state index contributed by atoms with van der Waals surface area (Å²) in [7, 11) is 0. The van der Waals surface area contributed by atoms with Crippen LogP contribution < -0.4 is 5.32 Å². The third-order valence-corrected chi connectivity index (χ3v) is 2.89. The van der Waals surface area contributed by atoms with Crippen molar-refractivity contribution in [2.75, 3.05) is 13.1 Å². The van der Waals surface area contributed by atoms with Gasteiger partial charge in [0.05, 0.1) is 0 Å². The maximum absolute atomic E-state index is 3.40. The summed E-state index contributed by atoms with van der Waals surface area (Å²) in [6, 6.07) is 9.01. The van der Waals surface area contributed by atoms with Crippen LogP contribution in [-0.2, 0) is 0 Å². The molecule has 1 heterocycles. The zero-order valence-corrected chi connectivity index (χ0v) is 10.2. The van der Waals surface area contributed by atoms with Crippen molar-refractivity contribution in [1.82, 2.24) is 5.32 Å². The minimum absolute atomic E-state index is 0.793. The molecule has 0 atom stereocenters. The van der Waals surface area contributed by atoms with E-state index in [2.05, 4.69) is 36.5 Å². The molecule has 0 spiro atoms. The van der Waals surface area contributed by atoms with Gasteiger partial charge < -0.3 is 5.32 Å². The van der Waals surface area contributed by atoms with Gasteiger partial charge in [0, 0.05) is 0 Å². The van der Waals surface area contributed by atoms with Crippen molar-refractivity contribution in [3.8, 4) is 0 Å². The molecule has 1 aliphatic heterocycles. The zero-order chi connectivity index (χ0) is 11.1. The van der Waals surface area contributed by atoms with Gasteiger partial charge in [-0.25, -0.2) is 0 Å². The number of hydrogen-bond donors (Lipinski definition) is 1. The van der Waals surface area contributed by atoms with Crippen molar-refractivity contribution in [2.24, 2.45) is 0 Å². The number of hydrogen-bond acceptors (Lipinski definition) is 1. The average molecular weight is 205 g/mol. The lowest BCUT2D eigenvalue weighted by Gasteiger charge is -2.22. The van der Waals surface area contributed by atoms with Crippen LogP contribution in [0.15, 0.2) is 24.3 Å². The molecular weight excluding hydrogens is 182 g/mol. The van der Waals surface area contributed by atoms with Gasteiger partial charge in [-0.1, -0.05) is 43.7 Å². The Balaban J connectivity index is 0.000000531. The maximum Gasteiger partial charge on any atom is -0.00431 e. The summed E-state index contributed by atoms with van der Waals surface area (Å²) < 4.78 is 0. The zero-order valence-electron chi connectivity index (χ0n) is 10.2. The Morgan fingerprint density at radius 1 is 1.00 bits per heavy atom. The van der Waals surface area contributed by atoms with Crippen LogP contribution in [0.2, 0.25) is 0 Å². The van der Waals surface area contributed by atoms with Crippen LogP contribution in [0.5, 0.6) is 0 Å². The molecule has 1 fully saturated rings. The molecule has 15 heavy (non-hydrogen) atoms. The lowest BCUT2D eigenvalue weighted by molar-refractivity contribution is 0.460. The fraction of sp³-hybridized carbons (Fsp3) is 0.571. The second kappa shape index (κ2) is 6.62. The highest BCUT2D eigenvalue weighted by Gasteiger charge is 2.14. The SMILES string of the molecule is CC.Cc1ccc(C2CCNCC2)cc1. The Kier molecular flexibility index (Phi) is 5.41. The van der Waals surface area contributed by atoms with Crippen LogP contribution in [0.3, 0.4) is 0 Å². The highest BCUT2D eigenvalue weighted by molar-refractivity contribution is 5.24. The first-order valence-corrected chi connectivity index (χ1v) is 6.13. The second-order valence-electron chi connectivity index (χ2n) is 3.93. The fourth-order valence-electron chi connectivity index (χ4n) is 1.99. The topological polar surface area (TPSA) is 12.0 Å². The fourth-order valence-corrected chi connectivity index (χ4v) is 1.99. The monoisotopic (exact) mass is 205 g/mol. The van der Waals surface area contributed by atoms with E-state index in [4.69, 9.17) is 0 Å². The Morgan fingerprint density at radius 3 is 2.07 bits per heavy atom. The van der Waals surface area contributed by atoms with E-state index in [-0.39, 0.29) is 0 Å². The Bertz CT molecular complexity index is 257. The highest BCUT2D eigenvalue weighted by atomic mass is 14.9. The average Bonchev–Trinajstić information content (AvgIpc) is 2.34. The number of benzene rings is 1. The molecule has 1 aliphatic rings. The van der Waals surface area contributed by atoms with E-state index in [1.807, 2.05) is 13.8 Å². The van der Waals surface area contributed by atoms with Gasteiger partial charge in [0.2, 0.25) is 0 Å². The van der Waals surface area contributed by atoms with Gasteiger partial charge >= 0.3 is 0 Å². The van der Waals surface area contributed by atoms with Gasteiger partial charge in [-0.15, -0.1) is 0 Å². The van der Waals surface area contributed by atoms with Gasteiger partial charge in [0.25, 0.3) is 0 Å². The molecule has 0 aliphatic carbocycles. The summed E-state index contributed by atoms with van der Waals surface area (Å²) >= 11 is 0. The van der Waals surface area contributed by atoms with Gasteiger partial charge in [-0.3, -0.25) is 0 Å². The first-order valence-electron chi connectivity index (χ1n) is 6.13. The summed E-state index contributed by atoms with van der Waals surface area (Å²) in [6.07, 6.45) is 2.59. The van der Waals surface area contributed by atoms with E-state index in [1.54, 1.807) is 0 Å². The summed E-state index contributed by atoms with van der Waals surface area (Å²) in [5.74, 6) is 0.793. The van der Waals surface area contributed by atoms with E-state index >= 15 is 0 Å². The van der Waals surface area contributed by atoms with Gasteiger partial charge in [-0.05, 0) is 44.3 Å². The van der Waals surface area contributed by atoms with E-state index in [0.29, 0.717) is 0 Å². The van der Waals surface area contributed by atoms with Crippen molar-refractivity contribution in [1.29, 1.82) is 0 Å². The predicted octanol–water partition coefficient (Wildman–Crippen LogP) is 3.49. The smallest absolute Gasteiger partial charge is 0.00431 e. The molecule has 0 saturated carbocycles. The molecule has 0 unspecified atom stereocenters. The largest absolute Gasteiger partial charge is 0.317 e. The lowest BCUT2D eigenvalue weighted by Crippen LogP contribution is -2.26. The number of rotatable bonds is 1. The molecule has 0 bridgehead atoms. The van der Waals surface area contributed by atoms with Crippen LogP contribution >= 0.6 is 0 Å². The van der Waals surface area contributed by atoms with Crippen LogP contribution in [0.25, 0.3) is 0 Å². The van der Waals surface area contributed by atoms with E-state index in [0.717, 1.165) is 5.92 Å². The lowest BCUT2D eigenvalue weighted by atomic mass is 9.90. The molecule has 0 radical (unpaired) electrons. The minimum Gasteiger partial charge on any atom is -0.317 e. The molecule has 1 aromatic carbocycles. The molecule has 1 N–H and O–H groups in total. The van der Waals surface area contributed by atoms with Crippen molar-refractivity contribution in [3.63, 3.8) is 0 Å². The second-order valence-corrected chi connectivity index (χ2v) is 3.93. The summed E-state index contributed by atoms with van der Waals surface area (Å²) in [6.45, 7) is 8.50. The number of piperidine rings is 1. The molecule has 2 rings (SSSR count). The molecule has 1 saturated heterocycles. The van der Waals surface area contributed by atoms with Crippen molar-refractivity contribution >= 4 is 0 Å². The van der Waals surface area contributed by atoms with E-state index < -0.39 is 0 Å². The van der Waals surface area contributed by atoms with Crippen LogP contribution in [0.1, 0.15) is 43.7 Å². The first-order chi connectivity index (χ1) is 7.36. The third kappa shape index (κ3) is 3.67. The minimum atomic E-state index is 0.793. The molecule has 1 heteroatoms. The molecule has 0 aromatic heterocycles. The molecule has 1 nitrogen and oxygen atoms in total. The van der Waals surface area contributed by atoms with E-state index in [1.165, 1.54) is 37.1 Å². The normalized spacial score (nSPS) is 16.7. The molecule has 84 valence electrons. The van der Waals surface area contributed by atoms with Crippen molar-refractivity contribution in [3.05, 3.63) is 35.4 Å². The molecule has 1 aromatic rings. The Morgan fingerprint density at radius 2 is 1.53 bits per heavy atom. The Hall–Kier alpha value is -0.820. The summed E-state index contributed by atoms with van der Waals surface area (Å²) in [5.41, 5.74) is 2.88. The predicted molar refractivity (Wildman–Crippen MR) is 67.4 cm³/mol. The highest BCUT2D eigenvalue weighted by Crippen LogP contribution is 2.24. The summed E-state index contributed by atoms with van der Waals surface area (Å²) in [5, 5.41) is 3.40. The molecule has 0 amide bonds. The summed E-state index contributed by atoms with van der Waals surface area (Å²) in [4.78, 5) is 0. The van der Waals surface area contributed by atoms with E-state index in [9.17, 15) is 0 Å². The first kappa shape index (κ1) is 12.3. The quantitative estimate of drug-likeness (QED) is 0.740. The van der Waals surface area contributed by atoms with Crippen LogP contribution in [0, 0.1) is 6.92 Å². The van der Waals surface area contributed by atoms with Crippen molar-refractivity contribution in [2.45, 2.75) is 39.5 Å². The molecular formula is C14H23N. The number of nitrogens with one attached hydrogen (secondary N) is 1. The van der Waals surface area contributed by atoms with Crippen LogP contribution in [0.4, 0.5) is 0 Å². The number of aryl methyl sites for hydroxylation is 1. The van der Waals surface area contributed by atoms with Gasteiger partial charge in [0.1, 0.15) is 0 Å². The van der Waals surface area contributed by atoms with Crippen molar-refractivity contribution < 1.29 is 0 Å². The maximum atomic E-state index is 3.40. The van der Waals surface area contributed by atoms with Gasteiger partial charge in [0.15, 0.2) is 0 Å². The Labute approximate surface area is 93.9 Å². The van der Waals surface area contributed by atoms with Crippen LogP contribution in [-0.4, -0.2) is 13.1 Å². The third-order valence-electron chi connectivity index (χ3n) is 2.89.